The van der Waals surface area contributed by atoms with Crippen molar-refractivity contribution in [2.24, 2.45) is 5.92 Å². The number of carboxylic acids is 1. The van der Waals surface area contributed by atoms with Crippen LogP contribution in [0.2, 0.25) is 0 Å². The second-order valence-electron chi connectivity index (χ2n) is 4.73. The predicted molar refractivity (Wildman–Crippen MR) is 81.0 cm³/mol. The summed E-state index contributed by atoms with van der Waals surface area (Å²) in [6.45, 7) is 3.45. The third kappa shape index (κ3) is 4.10. The Morgan fingerprint density at radius 3 is 2.29 bits per heavy atom. The minimum absolute atomic E-state index is 0.227. The van der Waals surface area contributed by atoms with Crippen LogP contribution in [-0.4, -0.2) is 37.2 Å². The van der Waals surface area contributed by atoms with Gasteiger partial charge in [0.2, 0.25) is 0 Å². The standard InChI is InChI=1S/C14H18BrNO5/c1-7(2)11(14(18)19)16-13(17)8-5-9(15)12(21-4)10(6-8)20-3/h5-7,11H,1-4H3,(H,16,17)(H,18,19). The first-order chi connectivity index (χ1) is 9.81. The normalized spacial score (nSPS) is 11.9. The maximum atomic E-state index is 12.2. The number of methoxy groups -OCH3 is 2. The van der Waals surface area contributed by atoms with E-state index in [-0.39, 0.29) is 11.5 Å². The molecule has 0 saturated heterocycles. The summed E-state index contributed by atoms with van der Waals surface area (Å²) >= 11 is 3.29. The number of ether oxygens (including phenoxy) is 2. The van der Waals surface area contributed by atoms with Gasteiger partial charge in [-0.25, -0.2) is 4.79 Å². The van der Waals surface area contributed by atoms with Crippen molar-refractivity contribution in [3.8, 4) is 11.5 Å². The molecule has 0 fully saturated rings. The lowest BCUT2D eigenvalue weighted by atomic mass is 10.0. The summed E-state index contributed by atoms with van der Waals surface area (Å²) in [5.41, 5.74) is 0.284. The van der Waals surface area contributed by atoms with E-state index >= 15 is 0 Å². The monoisotopic (exact) mass is 359 g/mol. The molecule has 1 aromatic carbocycles. The highest BCUT2D eigenvalue weighted by Gasteiger charge is 2.25. The fourth-order valence-electron chi connectivity index (χ4n) is 1.79. The lowest BCUT2D eigenvalue weighted by Crippen LogP contribution is -2.44. The van der Waals surface area contributed by atoms with Gasteiger partial charge >= 0.3 is 5.97 Å². The van der Waals surface area contributed by atoms with E-state index in [2.05, 4.69) is 21.2 Å². The van der Waals surface area contributed by atoms with Crippen LogP contribution in [0.3, 0.4) is 0 Å². The van der Waals surface area contributed by atoms with Crippen LogP contribution < -0.4 is 14.8 Å². The average Bonchev–Trinajstić information content (AvgIpc) is 2.42. The fraction of sp³-hybridized carbons (Fsp3) is 0.429. The second-order valence-corrected chi connectivity index (χ2v) is 5.58. The Labute approximate surface area is 131 Å². The van der Waals surface area contributed by atoms with Gasteiger partial charge in [-0.2, -0.15) is 0 Å². The molecule has 1 aromatic rings. The lowest BCUT2D eigenvalue weighted by Gasteiger charge is -2.18. The summed E-state index contributed by atoms with van der Waals surface area (Å²) in [4.78, 5) is 23.3. The van der Waals surface area contributed by atoms with Crippen molar-refractivity contribution >= 4 is 27.8 Å². The van der Waals surface area contributed by atoms with Crippen molar-refractivity contribution in [3.63, 3.8) is 0 Å². The molecule has 0 saturated carbocycles. The van der Waals surface area contributed by atoms with Gasteiger partial charge in [0.25, 0.3) is 5.91 Å². The van der Waals surface area contributed by atoms with Crippen LogP contribution in [0.25, 0.3) is 0 Å². The van der Waals surface area contributed by atoms with Gasteiger partial charge in [0, 0.05) is 5.56 Å². The fourth-order valence-corrected chi connectivity index (χ4v) is 2.39. The summed E-state index contributed by atoms with van der Waals surface area (Å²) in [5, 5.41) is 11.6. The number of nitrogens with one attached hydrogen (secondary N) is 1. The predicted octanol–water partition coefficient (Wildman–Crippen LogP) is 2.31. The smallest absolute Gasteiger partial charge is 0.326 e. The highest BCUT2D eigenvalue weighted by molar-refractivity contribution is 9.10. The summed E-state index contributed by atoms with van der Waals surface area (Å²) in [6, 6.07) is 2.10. The van der Waals surface area contributed by atoms with Gasteiger partial charge < -0.3 is 19.9 Å². The number of amides is 1. The van der Waals surface area contributed by atoms with Gasteiger partial charge in [-0.05, 0) is 34.0 Å². The number of carboxylic acid groups (broad SMARTS) is 1. The molecule has 0 aromatic heterocycles. The van der Waals surface area contributed by atoms with Crippen molar-refractivity contribution in [3.05, 3.63) is 22.2 Å². The first-order valence-corrected chi connectivity index (χ1v) is 7.06. The maximum absolute atomic E-state index is 12.2. The summed E-state index contributed by atoms with van der Waals surface area (Å²) < 4.78 is 10.9. The van der Waals surface area contributed by atoms with Gasteiger partial charge in [-0.3, -0.25) is 4.79 Å². The number of carbonyl (C=O) groups is 2. The number of rotatable bonds is 6. The van der Waals surface area contributed by atoms with Crippen molar-refractivity contribution in [2.45, 2.75) is 19.9 Å². The van der Waals surface area contributed by atoms with E-state index in [9.17, 15) is 9.59 Å². The third-order valence-corrected chi connectivity index (χ3v) is 3.50. The molecule has 1 amide bonds. The number of halogens is 1. The molecular formula is C14H18BrNO5. The van der Waals surface area contributed by atoms with Gasteiger partial charge in [0.1, 0.15) is 6.04 Å². The minimum atomic E-state index is -1.07. The zero-order chi connectivity index (χ0) is 16.2. The molecule has 0 bridgehead atoms. The molecule has 0 heterocycles. The van der Waals surface area contributed by atoms with Crippen LogP contribution >= 0.6 is 15.9 Å². The molecule has 0 spiro atoms. The Balaban J connectivity index is 3.08. The molecule has 0 aliphatic heterocycles. The topological polar surface area (TPSA) is 84.9 Å². The van der Waals surface area contributed by atoms with E-state index < -0.39 is 17.9 Å². The van der Waals surface area contributed by atoms with Crippen LogP contribution in [-0.2, 0) is 4.79 Å². The number of carbonyl (C=O) groups excluding carboxylic acids is 1. The van der Waals surface area contributed by atoms with Crippen molar-refractivity contribution in [2.75, 3.05) is 14.2 Å². The van der Waals surface area contributed by atoms with Crippen molar-refractivity contribution < 1.29 is 24.2 Å². The highest BCUT2D eigenvalue weighted by atomic mass is 79.9. The molecular weight excluding hydrogens is 342 g/mol. The van der Waals surface area contributed by atoms with Crippen LogP contribution in [0, 0.1) is 5.92 Å². The zero-order valence-corrected chi connectivity index (χ0v) is 13.9. The van der Waals surface area contributed by atoms with Crippen LogP contribution in [0.4, 0.5) is 0 Å². The van der Waals surface area contributed by atoms with Crippen LogP contribution in [0.1, 0.15) is 24.2 Å². The molecule has 116 valence electrons. The van der Waals surface area contributed by atoms with E-state index in [0.29, 0.717) is 16.0 Å². The number of aliphatic carboxylic acids is 1. The van der Waals surface area contributed by atoms with E-state index in [1.54, 1.807) is 19.9 Å². The Morgan fingerprint density at radius 1 is 1.24 bits per heavy atom. The minimum Gasteiger partial charge on any atom is -0.493 e. The molecule has 2 N–H and O–H groups in total. The average molecular weight is 360 g/mol. The molecule has 7 heteroatoms. The summed E-state index contributed by atoms with van der Waals surface area (Å²) in [5.74, 6) is -0.938. The second kappa shape index (κ2) is 7.31. The molecule has 0 aliphatic rings. The van der Waals surface area contributed by atoms with Crippen molar-refractivity contribution in [1.29, 1.82) is 0 Å². The van der Waals surface area contributed by atoms with Gasteiger partial charge in [0.05, 0.1) is 18.7 Å². The Kier molecular flexibility index (Phi) is 6.02. The molecule has 1 unspecified atom stereocenters. The lowest BCUT2D eigenvalue weighted by molar-refractivity contribution is -0.140. The molecule has 1 atom stereocenters. The quantitative estimate of drug-likeness (QED) is 0.813. The number of benzene rings is 1. The highest BCUT2D eigenvalue weighted by Crippen LogP contribution is 2.36. The Hall–Kier alpha value is -1.76. The number of hydrogen-bond donors (Lipinski definition) is 2. The van der Waals surface area contributed by atoms with Gasteiger partial charge in [-0.1, -0.05) is 13.8 Å². The number of hydrogen-bond acceptors (Lipinski definition) is 4. The molecule has 21 heavy (non-hydrogen) atoms. The van der Waals surface area contributed by atoms with Crippen molar-refractivity contribution in [1.82, 2.24) is 5.32 Å². The van der Waals surface area contributed by atoms with Crippen LogP contribution in [0.5, 0.6) is 11.5 Å². The Bertz CT molecular complexity index is 544. The van der Waals surface area contributed by atoms with E-state index in [0.717, 1.165) is 0 Å². The molecule has 6 nitrogen and oxygen atoms in total. The Morgan fingerprint density at radius 2 is 1.86 bits per heavy atom. The SMILES string of the molecule is COc1cc(C(=O)NC(C(=O)O)C(C)C)cc(Br)c1OC. The van der Waals surface area contributed by atoms with E-state index in [1.807, 2.05) is 0 Å². The third-order valence-electron chi connectivity index (χ3n) is 2.92. The first-order valence-electron chi connectivity index (χ1n) is 6.27. The van der Waals surface area contributed by atoms with Gasteiger partial charge in [0.15, 0.2) is 11.5 Å². The molecule has 1 rings (SSSR count). The largest absolute Gasteiger partial charge is 0.493 e. The maximum Gasteiger partial charge on any atom is 0.326 e. The van der Waals surface area contributed by atoms with E-state index in [4.69, 9.17) is 14.6 Å². The van der Waals surface area contributed by atoms with E-state index in [1.165, 1.54) is 20.3 Å². The molecule has 0 aliphatic carbocycles. The summed E-state index contributed by atoms with van der Waals surface area (Å²) in [6.07, 6.45) is 0. The molecule has 0 radical (unpaired) electrons. The van der Waals surface area contributed by atoms with Crippen LogP contribution in [0.15, 0.2) is 16.6 Å². The van der Waals surface area contributed by atoms with Gasteiger partial charge in [-0.15, -0.1) is 0 Å². The zero-order valence-electron chi connectivity index (χ0n) is 12.3. The first kappa shape index (κ1) is 17.3. The summed E-state index contributed by atoms with van der Waals surface area (Å²) in [7, 11) is 2.95.